The molecular weight excluding hydrogens is 184 g/mol. The molecule has 0 spiro atoms. The normalized spacial score (nSPS) is 17.6. The maximum atomic E-state index is 5.83. The molecule has 13 heavy (non-hydrogen) atoms. The lowest BCUT2D eigenvalue weighted by molar-refractivity contribution is 0.209. The maximum absolute atomic E-state index is 5.83. The van der Waals surface area contributed by atoms with E-state index in [4.69, 9.17) is 16.3 Å². The molecule has 0 amide bonds. The van der Waals surface area contributed by atoms with Crippen LogP contribution in [0.1, 0.15) is 25.7 Å². The number of ether oxygens (including phenoxy) is 1. The van der Waals surface area contributed by atoms with Gasteiger partial charge in [-0.1, -0.05) is 11.6 Å². The van der Waals surface area contributed by atoms with Gasteiger partial charge in [0.15, 0.2) is 0 Å². The Morgan fingerprint density at radius 2 is 2.15 bits per heavy atom. The molecule has 1 aromatic carbocycles. The van der Waals surface area contributed by atoms with Gasteiger partial charge in [-0.3, -0.25) is 0 Å². The first-order valence-corrected chi connectivity index (χ1v) is 5.06. The van der Waals surface area contributed by atoms with Gasteiger partial charge in [-0.05, 0) is 43.9 Å². The molecule has 2 rings (SSSR count). The third kappa shape index (κ3) is 2.38. The largest absolute Gasteiger partial charge is 0.490 e. The van der Waals surface area contributed by atoms with Crippen molar-refractivity contribution in [2.24, 2.45) is 0 Å². The fourth-order valence-corrected chi connectivity index (χ4v) is 1.83. The third-order valence-corrected chi connectivity index (χ3v) is 2.57. The zero-order valence-electron chi connectivity index (χ0n) is 7.42. The fraction of sp³-hybridized carbons (Fsp3) is 0.455. The smallest absolute Gasteiger partial charge is 0.129 e. The molecule has 1 fully saturated rings. The van der Waals surface area contributed by atoms with E-state index in [0.29, 0.717) is 11.1 Å². The summed E-state index contributed by atoms with van der Waals surface area (Å²) in [5.41, 5.74) is 0. The van der Waals surface area contributed by atoms with Crippen LogP contribution in [0.3, 0.4) is 0 Å². The molecule has 0 aliphatic heterocycles. The second kappa shape index (κ2) is 4.01. The summed E-state index contributed by atoms with van der Waals surface area (Å²) in [6.07, 6.45) is 5.28. The van der Waals surface area contributed by atoms with Crippen LogP contribution in [0, 0.1) is 6.07 Å². The van der Waals surface area contributed by atoms with Gasteiger partial charge in [0.25, 0.3) is 0 Å². The van der Waals surface area contributed by atoms with Gasteiger partial charge in [0.2, 0.25) is 0 Å². The Labute approximate surface area is 83.7 Å². The molecule has 1 radical (unpaired) electrons. The molecule has 1 nitrogen and oxygen atoms in total. The van der Waals surface area contributed by atoms with E-state index in [0.717, 1.165) is 5.75 Å². The zero-order valence-corrected chi connectivity index (χ0v) is 8.18. The predicted molar refractivity (Wildman–Crippen MR) is 53.2 cm³/mol. The molecule has 0 atom stereocenters. The minimum Gasteiger partial charge on any atom is -0.490 e. The van der Waals surface area contributed by atoms with Gasteiger partial charge in [-0.25, -0.2) is 0 Å². The predicted octanol–water partition coefficient (Wildman–Crippen LogP) is 3.46. The molecule has 0 N–H and O–H groups in total. The zero-order chi connectivity index (χ0) is 9.10. The molecule has 1 saturated carbocycles. The van der Waals surface area contributed by atoms with Crippen LogP contribution < -0.4 is 4.74 Å². The summed E-state index contributed by atoms with van der Waals surface area (Å²) in [5, 5.41) is 0.715. The van der Waals surface area contributed by atoms with Crippen molar-refractivity contribution in [2.45, 2.75) is 31.8 Å². The Kier molecular flexibility index (Phi) is 2.74. The Morgan fingerprint density at radius 3 is 2.85 bits per heavy atom. The lowest BCUT2D eigenvalue weighted by atomic mass is 10.3. The van der Waals surface area contributed by atoms with E-state index in [1.165, 1.54) is 25.7 Å². The monoisotopic (exact) mass is 195 g/mol. The number of rotatable bonds is 2. The van der Waals surface area contributed by atoms with Crippen LogP contribution in [-0.4, -0.2) is 6.10 Å². The molecule has 0 bridgehead atoms. The highest BCUT2D eigenvalue weighted by Crippen LogP contribution is 2.25. The highest BCUT2D eigenvalue weighted by Gasteiger charge is 2.16. The standard InChI is InChI=1S/C11H12ClO/c12-9-4-3-7-11(8-9)13-10-5-1-2-6-10/h3-4,8,10H,1-2,5-6H2. The van der Waals surface area contributed by atoms with Crippen LogP contribution in [0.15, 0.2) is 18.2 Å². The van der Waals surface area contributed by atoms with Crippen molar-refractivity contribution in [3.05, 3.63) is 29.3 Å². The minimum atomic E-state index is 0.384. The first kappa shape index (κ1) is 8.89. The van der Waals surface area contributed by atoms with Crippen molar-refractivity contribution >= 4 is 11.6 Å². The van der Waals surface area contributed by atoms with Gasteiger partial charge in [-0.15, -0.1) is 0 Å². The minimum absolute atomic E-state index is 0.384. The maximum Gasteiger partial charge on any atom is 0.129 e. The highest BCUT2D eigenvalue weighted by molar-refractivity contribution is 6.30. The van der Waals surface area contributed by atoms with E-state index in [2.05, 4.69) is 6.07 Å². The first-order valence-electron chi connectivity index (χ1n) is 4.68. The SMILES string of the molecule is Clc1cc[c]c(OC2CCCC2)c1. The van der Waals surface area contributed by atoms with Crippen molar-refractivity contribution in [3.63, 3.8) is 0 Å². The van der Waals surface area contributed by atoms with Crippen LogP contribution in [0.4, 0.5) is 0 Å². The van der Waals surface area contributed by atoms with Crippen molar-refractivity contribution in [3.8, 4) is 5.75 Å². The van der Waals surface area contributed by atoms with Crippen molar-refractivity contribution in [1.29, 1.82) is 0 Å². The summed E-state index contributed by atoms with van der Waals surface area (Å²) in [4.78, 5) is 0. The topological polar surface area (TPSA) is 9.23 Å². The van der Waals surface area contributed by atoms with E-state index in [1.54, 1.807) is 6.07 Å². The number of hydrogen-bond donors (Lipinski definition) is 0. The van der Waals surface area contributed by atoms with Crippen LogP contribution in [0.25, 0.3) is 0 Å². The molecule has 69 valence electrons. The second-order valence-corrected chi connectivity index (χ2v) is 3.83. The van der Waals surface area contributed by atoms with E-state index < -0.39 is 0 Å². The number of hydrogen-bond acceptors (Lipinski definition) is 1. The molecule has 1 aliphatic rings. The summed E-state index contributed by atoms with van der Waals surface area (Å²) in [5.74, 6) is 0.777. The molecule has 1 aromatic rings. The molecule has 0 aromatic heterocycles. The van der Waals surface area contributed by atoms with E-state index in [-0.39, 0.29) is 0 Å². The Balaban J connectivity index is 2.00. The second-order valence-electron chi connectivity index (χ2n) is 3.40. The van der Waals surface area contributed by atoms with Gasteiger partial charge in [0.05, 0.1) is 6.10 Å². The quantitative estimate of drug-likeness (QED) is 0.702. The molecule has 0 heterocycles. The van der Waals surface area contributed by atoms with Crippen LogP contribution in [-0.2, 0) is 0 Å². The number of halogens is 1. The lowest BCUT2D eigenvalue weighted by Crippen LogP contribution is -2.10. The third-order valence-electron chi connectivity index (χ3n) is 2.33. The first-order chi connectivity index (χ1) is 6.34. The molecule has 2 heteroatoms. The summed E-state index contributed by atoms with van der Waals surface area (Å²) in [6, 6.07) is 8.46. The Hall–Kier alpha value is -0.690. The fourth-order valence-electron chi connectivity index (χ4n) is 1.67. The van der Waals surface area contributed by atoms with Gasteiger partial charge < -0.3 is 4.74 Å². The van der Waals surface area contributed by atoms with Crippen molar-refractivity contribution < 1.29 is 4.74 Å². The van der Waals surface area contributed by atoms with Crippen molar-refractivity contribution in [2.75, 3.05) is 0 Å². The van der Waals surface area contributed by atoms with E-state index in [9.17, 15) is 0 Å². The van der Waals surface area contributed by atoms with Gasteiger partial charge in [0.1, 0.15) is 5.75 Å². The molecule has 0 saturated heterocycles. The summed E-state index contributed by atoms with van der Waals surface area (Å²) in [7, 11) is 0. The molecule has 1 aliphatic carbocycles. The Morgan fingerprint density at radius 1 is 1.38 bits per heavy atom. The summed E-state index contributed by atoms with van der Waals surface area (Å²) in [6.45, 7) is 0. The molecular formula is C11H12ClO. The lowest BCUT2D eigenvalue weighted by Gasteiger charge is -2.12. The number of benzene rings is 1. The van der Waals surface area contributed by atoms with E-state index >= 15 is 0 Å². The summed E-state index contributed by atoms with van der Waals surface area (Å²) >= 11 is 5.83. The molecule has 0 unspecified atom stereocenters. The van der Waals surface area contributed by atoms with Crippen molar-refractivity contribution in [1.82, 2.24) is 0 Å². The Bertz CT molecular complexity index is 279. The van der Waals surface area contributed by atoms with Gasteiger partial charge >= 0.3 is 0 Å². The van der Waals surface area contributed by atoms with Gasteiger partial charge in [-0.2, -0.15) is 0 Å². The average Bonchev–Trinajstić information content (AvgIpc) is 2.57. The summed E-state index contributed by atoms with van der Waals surface area (Å²) < 4.78 is 5.72. The van der Waals surface area contributed by atoms with E-state index in [1.807, 2.05) is 12.1 Å². The van der Waals surface area contributed by atoms with Crippen LogP contribution in [0.5, 0.6) is 5.75 Å². The van der Waals surface area contributed by atoms with Gasteiger partial charge in [0, 0.05) is 11.1 Å². The van der Waals surface area contributed by atoms with Crippen LogP contribution in [0.2, 0.25) is 5.02 Å². The average molecular weight is 196 g/mol. The van der Waals surface area contributed by atoms with Crippen LogP contribution >= 0.6 is 11.6 Å². The highest BCUT2D eigenvalue weighted by atomic mass is 35.5.